The van der Waals surface area contributed by atoms with E-state index < -0.39 is 0 Å². The van der Waals surface area contributed by atoms with Crippen molar-refractivity contribution in [2.45, 2.75) is 17.2 Å². The second-order valence-corrected chi connectivity index (χ2v) is 5.32. The van der Waals surface area contributed by atoms with Crippen LogP contribution in [-0.2, 0) is 12.3 Å². The van der Waals surface area contributed by atoms with Crippen LogP contribution in [0.2, 0.25) is 0 Å². The van der Waals surface area contributed by atoms with Gasteiger partial charge in [0.2, 0.25) is 0 Å². The van der Waals surface area contributed by atoms with E-state index in [0.717, 1.165) is 18.0 Å². The summed E-state index contributed by atoms with van der Waals surface area (Å²) in [5.41, 5.74) is 2.54. The van der Waals surface area contributed by atoms with Gasteiger partial charge in [0, 0.05) is 22.8 Å². The molecule has 0 saturated heterocycles. The molecule has 0 aromatic heterocycles. The van der Waals surface area contributed by atoms with Crippen LogP contribution in [0.3, 0.4) is 0 Å². The molecular formula is C16H19NOS. The molecule has 2 nitrogen and oxygen atoms in total. The first kappa shape index (κ1) is 14.0. The van der Waals surface area contributed by atoms with Gasteiger partial charge in [-0.3, -0.25) is 0 Å². The molecule has 2 aromatic carbocycles. The van der Waals surface area contributed by atoms with Gasteiger partial charge in [0.15, 0.2) is 0 Å². The Morgan fingerprint density at radius 2 is 1.79 bits per heavy atom. The Morgan fingerprint density at radius 3 is 2.47 bits per heavy atom. The lowest BCUT2D eigenvalue weighted by atomic mass is 10.2. The first-order chi connectivity index (χ1) is 9.33. The van der Waals surface area contributed by atoms with Crippen LogP contribution < -0.4 is 10.1 Å². The fourth-order valence-electron chi connectivity index (χ4n) is 1.89. The molecule has 0 spiro atoms. The largest absolute Gasteiger partial charge is 0.496 e. The Kier molecular flexibility index (Phi) is 5.31. The van der Waals surface area contributed by atoms with Gasteiger partial charge in [0.05, 0.1) is 7.11 Å². The SMILES string of the molecule is CNCc1ccc(SCc2ccccc2OC)cc1. The van der Waals surface area contributed by atoms with Gasteiger partial charge in [0.1, 0.15) is 5.75 Å². The maximum Gasteiger partial charge on any atom is 0.122 e. The first-order valence-electron chi connectivity index (χ1n) is 6.31. The minimum Gasteiger partial charge on any atom is -0.496 e. The Morgan fingerprint density at radius 1 is 1.05 bits per heavy atom. The molecule has 3 heteroatoms. The van der Waals surface area contributed by atoms with Gasteiger partial charge in [0.25, 0.3) is 0 Å². The molecule has 19 heavy (non-hydrogen) atoms. The van der Waals surface area contributed by atoms with Gasteiger partial charge in [-0.05, 0) is 30.8 Å². The summed E-state index contributed by atoms with van der Waals surface area (Å²) in [7, 11) is 3.68. The minimum atomic E-state index is 0.914. The fraction of sp³-hybridized carbons (Fsp3) is 0.250. The molecule has 0 heterocycles. The number of rotatable bonds is 6. The van der Waals surface area contributed by atoms with Gasteiger partial charge in [-0.1, -0.05) is 30.3 Å². The lowest BCUT2D eigenvalue weighted by Crippen LogP contribution is -2.04. The molecule has 0 fully saturated rings. The Labute approximate surface area is 119 Å². The predicted octanol–water partition coefficient (Wildman–Crippen LogP) is 3.71. The molecule has 1 N–H and O–H groups in total. The summed E-state index contributed by atoms with van der Waals surface area (Å²) in [5, 5.41) is 3.15. The van der Waals surface area contributed by atoms with E-state index in [-0.39, 0.29) is 0 Å². The van der Waals surface area contributed by atoms with E-state index in [1.54, 1.807) is 7.11 Å². The van der Waals surface area contributed by atoms with E-state index in [0.29, 0.717) is 0 Å². The molecule has 0 aliphatic carbocycles. The highest BCUT2D eigenvalue weighted by atomic mass is 32.2. The number of hydrogen-bond acceptors (Lipinski definition) is 3. The third-order valence-electron chi connectivity index (χ3n) is 2.89. The van der Waals surface area contributed by atoms with Crippen molar-refractivity contribution >= 4 is 11.8 Å². The molecular weight excluding hydrogens is 254 g/mol. The smallest absolute Gasteiger partial charge is 0.122 e. The summed E-state index contributed by atoms with van der Waals surface area (Å²) < 4.78 is 5.36. The number of para-hydroxylation sites is 1. The van der Waals surface area contributed by atoms with Gasteiger partial charge >= 0.3 is 0 Å². The average Bonchev–Trinajstić information content (AvgIpc) is 2.47. The molecule has 2 aromatic rings. The van der Waals surface area contributed by atoms with Crippen molar-refractivity contribution in [2.24, 2.45) is 0 Å². The van der Waals surface area contributed by atoms with Crippen molar-refractivity contribution in [3.05, 3.63) is 59.7 Å². The summed E-state index contributed by atoms with van der Waals surface area (Å²) >= 11 is 1.83. The van der Waals surface area contributed by atoms with Gasteiger partial charge in [-0.15, -0.1) is 11.8 Å². The zero-order valence-corrected chi connectivity index (χ0v) is 12.2. The van der Waals surface area contributed by atoms with E-state index in [1.807, 2.05) is 30.9 Å². The summed E-state index contributed by atoms with van der Waals surface area (Å²) in [6.45, 7) is 0.914. The molecule has 0 radical (unpaired) electrons. The average molecular weight is 273 g/mol. The Balaban J connectivity index is 1.98. The van der Waals surface area contributed by atoms with E-state index in [4.69, 9.17) is 4.74 Å². The number of nitrogens with one attached hydrogen (secondary N) is 1. The normalized spacial score (nSPS) is 10.4. The minimum absolute atomic E-state index is 0.914. The summed E-state index contributed by atoms with van der Waals surface area (Å²) in [6.07, 6.45) is 0. The van der Waals surface area contributed by atoms with Crippen LogP contribution >= 0.6 is 11.8 Å². The van der Waals surface area contributed by atoms with Gasteiger partial charge in [-0.25, -0.2) is 0 Å². The topological polar surface area (TPSA) is 21.3 Å². The molecule has 0 bridgehead atoms. The van der Waals surface area contributed by atoms with Crippen LogP contribution in [0.4, 0.5) is 0 Å². The molecule has 0 amide bonds. The number of thioether (sulfide) groups is 1. The fourth-order valence-corrected chi connectivity index (χ4v) is 2.78. The highest BCUT2D eigenvalue weighted by Crippen LogP contribution is 2.27. The standard InChI is InChI=1S/C16H19NOS/c1-17-11-13-7-9-15(10-8-13)19-12-14-5-3-4-6-16(14)18-2/h3-10,17H,11-12H2,1-2H3. The lowest BCUT2D eigenvalue weighted by Gasteiger charge is -2.08. The molecule has 2 rings (SSSR count). The molecule has 0 aliphatic heterocycles. The third-order valence-corrected chi connectivity index (χ3v) is 3.95. The van der Waals surface area contributed by atoms with Crippen molar-refractivity contribution in [1.29, 1.82) is 0 Å². The van der Waals surface area contributed by atoms with Gasteiger partial charge in [-0.2, -0.15) is 0 Å². The van der Waals surface area contributed by atoms with E-state index in [1.165, 1.54) is 16.0 Å². The number of benzene rings is 2. The van der Waals surface area contributed by atoms with Crippen molar-refractivity contribution in [3.63, 3.8) is 0 Å². The molecule has 0 aliphatic rings. The van der Waals surface area contributed by atoms with Crippen molar-refractivity contribution in [1.82, 2.24) is 5.32 Å². The van der Waals surface area contributed by atoms with Crippen LogP contribution in [0, 0.1) is 0 Å². The quantitative estimate of drug-likeness (QED) is 0.811. The molecule has 0 saturated carbocycles. The predicted molar refractivity (Wildman–Crippen MR) is 81.8 cm³/mol. The van der Waals surface area contributed by atoms with Crippen LogP contribution in [0.15, 0.2) is 53.4 Å². The summed E-state index contributed by atoms with van der Waals surface area (Å²) in [5.74, 6) is 1.89. The maximum atomic E-state index is 5.36. The number of methoxy groups -OCH3 is 1. The monoisotopic (exact) mass is 273 g/mol. The van der Waals surface area contributed by atoms with Gasteiger partial charge < -0.3 is 10.1 Å². The van der Waals surface area contributed by atoms with E-state index in [2.05, 4.69) is 41.7 Å². The van der Waals surface area contributed by atoms with E-state index in [9.17, 15) is 0 Å². The Bertz CT molecular complexity index is 510. The zero-order valence-electron chi connectivity index (χ0n) is 11.3. The van der Waals surface area contributed by atoms with Crippen LogP contribution in [-0.4, -0.2) is 14.2 Å². The molecule has 100 valence electrons. The molecule has 0 unspecified atom stereocenters. The van der Waals surface area contributed by atoms with Crippen LogP contribution in [0.5, 0.6) is 5.75 Å². The zero-order chi connectivity index (χ0) is 13.5. The Hall–Kier alpha value is -1.45. The van der Waals surface area contributed by atoms with Crippen LogP contribution in [0.25, 0.3) is 0 Å². The maximum absolute atomic E-state index is 5.36. The number of hydrogen-bond donors (Lipinski definition) is 1. The summed E-state index contributed by atoms with van der Waals surface area (Å²) in [6, 6.07) is 16.8. The summed E-state index contributed by atoms with van der Waals surface area (Å²) in [4.78, 5) is 1.28. The highest BCUT2D eigenvalue weighted by molar-refractivity contribution is 7.98. The lowest BCUT2D eigenvalue weighted by molar-refractivity contribution is 0.411. The van der Waals surface area contributed by atoms with Crippen molar-refractivity contribution in [3.8, 4) is 5.75 Å². The second-order valence-electron chi connectivity index (χ2n) is 4.27. The third kappa shape index (κ3) is 4.01. The van der Waals surface area contributed by atoms with Crippen LogP contribution in [0.1, 0.15) is 11.1 Å². The van der Waals surface area contributed by atoms with E-state index >= 15 is 0 Å². The first-order valence-corrected chi connectivity index (χ1v) is 7.30. The number of ether oxygens (including phenoxy) is 1. The second kappa shape index (κ2) is 7.22. The van der Waals surface area contributed by atoms with Crippen molar-refractivity contribution in [2.75, 3.05) is 14.2 Å². The highest BCUT2D eigenvalue weighted by Gasteiger charge is 2.02. The molecule has 0 atom stereocenters. The van der Waals surface area contributed by atoms with Crippen molar-refractivity contribution < 1.29 is 4.74 Å².